The SMILES string of the molecule is Cc1ccc(C(=O)N2CCN(C(=O)/C=C/c3ccc(Cl)cc3)CC2)cc1. The van der Waals surface area contributed by atoms with Crippen molar-refractivity contribution in [2.24, 2.45) is 0 Å². The smallest absolute Gasteiger partial charge is 0.253 e. The summed E-state index contributed by atoms with van der Waals surface area (Å²) in [4.78, 5) is 28.4. The third-order valence-electron chi connectivity index (χ3n) is 4.47. The van der Waals surface area contributed by atoms with E-state index in [0.717, 1.165) is 11.1 Å². The maximum atomic E-state index is 12.5. The van der Waals surface area contributed by atoms with Crippen LogP contribution in [0.1, 0.15) is 21.5 Å². The summed E-state index contributed by atoms with van der Waals surface area (Å²) in [6.07, 6.45) is 3.35. The minimum atomic E-state index is -0.0395. The molecular weight excluding hydrogens is 348 g/mol. The van der Waals surface area contributed by atoms with Crippen molar-refractivity contribution in [3.05, 3.63) is 76.3 Å². The van der Waals surface area contributed by atoms with Gasteiger partial charge in [-0.2, -0.15) is 0 Å². The van der Waals surface area contributed by atoms with Crippen LogP contribution in [0.25, 0.3) is 6.08 Å². The van der Waals surface area contributed by atoms with Gasteiger partial charge in [0.1, 0.15) is 0 Å². The lowest BCUT2D eigenvalue weighted by Crippen LogP contribution is -2.50. The Kier molecular flexibility index (Phi) is 5.74. The highest BCUT2D eigenvalue weighted by Gasteiger charge is 2.23. The van der Waals surface area contributed by atoms with Crippen LogP contribution in [0.15, 0.2) is 54.6 Å². The summed E-state index contributed by atoms with van der Waals surface area (Å²) in [5.74, 6) is -0.0174. The van der Waals surface area contributed by atoms with Gasteiger partial charge in [0.2, 0.25) is 5.91 Å². The second-order valence-corrected chi connectivity index (χ2v) is 6.80. The van der Waals surface area contributed by atoms with E-state index in [0.29, 0.717) is 36.8 Å². The number of nitrogens with zero attached hydrogens (tertiary/aromatic N) is 2. The first-order valence-corrected chi connectivity index (χ1v) is 8.99. The number of aryl methyl sites for hydroxylation is 1. The Balaban J connectivity index is 1.54. The Labute approximate surface area is 158 Å². The molecule has 1 fully saturated rings. The minimum Gasteiger partial charge on any atom is -0.336 e. The van der Waals surface area contributed by atoms with E-state index in [1.807, 2.05) is 43.3 Å². The minimum absolute atomic E-state index is 0.0220. The fourth-order valence-corrected chi connectivity index (χ4v) is 2.98. The van der Waals surface area contributed by atoms with Gasteiger partial charge in [-0.25, -0.2) is 0 Å². The molecule has 2 aromatic rings. The largest absolute Gasteiger partial charge is 0.336 e. The van der Waals surface area contributed by atoms with E-state index in [1.54, 1.807) is 34.1 Å². The quantitative estimate of drug-likeness (QED) is 0.776. The fourth-order valence-electron chi connectivity index (χ4n) is 2.86. The molecule has 3 rings (SSSR count). The van der Waals surface area contributed by atoms with E-state index >= 15 is 0 Å². The molecule has 1 saturated heterocycles. The Morgan fingerprint density at radius 1 is 0.885 bits per heavy atom. The van der Waals surface area contributed by atoms with E-state index < -0.39 is 0 Å². The van der Waals surface area contributed by atoms with Gasteiger partial charge >= 0.3 is 0 Å². The number of carbonyl (C=O) groups is 2. The lowest BCUT2D eigenvalue weighted by molar-refractivity contribution is -0.127. The molecule has 0 bridgehead atoms. The van der Waals surface area contributed by atoms with Crippen LogP contribution in [0.5, 0.6) is 0 Å². The van der Waals surface area contributed by atoms with Gasteiger partial charge in [-0.3, -0.25) is 9.59 Å². The normalized spacial score (nSPS) is 14.7. The van der Waals surface area contributed by atoms with E-state index in [2.05, 4.69) is 0 Å². The number of benzene rings is 2. The number of piperazine rings is 1. The molecule has 2 amide bonds. The Morgan fingerprint density at radius 2 is 1.46 bits per heavy atom. The molecule has 0 radical (unpaired) electrons. The van der Waals surface area contributed by atoms with E-state index in [9.17, 15) is 9.59 Å². The molecule has 1 heterocycles. The topological polar surface area (TPSA) is 40.6 Å². The summed E-state index contributed by atoms with van der Waals surface area (Å²) in [7, 11) is 0. The van der Waals surface area contributed by atoms with Crippen molar-refractivity contribution in [1.29, 1.82) is 0 Å². The van der Waals surface area contributed by atoms with Crippen molar-refractivity contribution >= 4 is 29.5 Å². The molecule has 26 heavy (non-hydrogen) atoms. The number of hydrogen-bond donors (Lipinski definition) is 0. The van der Waals surface area contributed by atoms with Crippen molar-refractivity contribution in [2.45, 2.75) is 6.92 Å². The summed E-state index contributed by atoms with van der Waals surface area (Å²) in [5, 5.41) is 0.669. The molecule has 0 aromatic heterocycles. The van der Waals surface area contributed by atoms with Crippen LogP contribution in [0, 0.1) is 6.92 Å². The standard InChI is InChI=1S/C21H21ClN2O2/c1-16-2-7-18(8-3-16)21(26)24-14-12-23(13-15-24)20(25)11-6-17-4-9-19(22)10-5-17/h2-11H,12-15H2,1H3/b11-6+. The molecule has 1 aliphatic rings. The van der Waals surface area contributed by atoms with Crippen molar-refractivity contribution in [3.63, 3.8) is 0 Å². The van der Waals surface area contributed by atoms with Gasteiger partial charge in [-0.05, 0) is 42.8 Å². The predicted molar refractivity (Wildman–Crippen MR) is 104 cm³/mol. The zero-order valence-corrected chi connectivity index (χ0v) is 15.4. The van der Waals surface area contributed by atoms with Crippen molar-refractivity contribution in [2.75, 3.05) is 26.2 Å². The zero-order valence-electron chi connectivity index (χ0n) is 14.7. The molecule has 0 saturated carbocycles. The highest BCUT2D eigenvalue weighted by molar-refractivity contribution is 6.30. The van der Waals surface area contributed by atoms with Crippen molar-refractivity contribution < 1.29 is 9.59 Å². The van der Waals surface area contributed by atoms with Gasteiger partial charge in [0.05, 0.1) is 0 Å². The Hall–Kier alpha value is -2.59. The number of hydrogen-bond acceptors (Lipinski definition) is 2. The second-order valence-electron chi connectivity index (χ2n) is 6.37. The van der Waals surface area contributed by atoms with Gasteiger partial charge in [0, 0.05) is 42.8 Å². The van der Waals surface area contributed by atoms with Gasteiger partial charge in [0.15, 0.2) is 0 Å². The molecule has 4 nitrogen and oxygen atoms in total. The van der Waals surface area contributed by atoms with E-state index in [1.165, 1.54) is 0 Å². The lowest BCUT2D eigenvalue weighted by atomic mass is 10.1. The van der Waals surface area contributed by atoms with Gasteiger partial charge in [-0.1, -0.05) is 41.4 Å². The maximum absolute atomic E-state index is 12.5. The zero-order chi connectivity index (χ0) is 18.5. The van der Waals surface area contributed by atoms with Gasteiger partial charge in [0.25, 0.3) is 5.91 Å². The number of rotatable bonds is 3. The second kappa shape index (κ2) is 8.19. The third kappa shape index (κ3) is 4.52. The molecule has 0 N–H and O–H groups in total. The van der Waals surface area contributed by atoms with Crippen molar-refractivity contribution in [1.82, 2.24) is 9.80 Å². The average molecular weight is 369 g/mol. The number of amides is 2. The van der Waals surface area contributed by atoms with Crippen LogP contribution in [0.3, 0.4) is 0 Å². The molecule has 1 aliphatic heterocycles. The highest BCUT2D eigenvalue weighted by atomic mass is 35.5. The van der Waals surface area contributed by atoms with Crippen LogP contribution >= 0.6 is 11.6 Å². The Morgan fingerprint density at radius 3 is 2.08 bits per heavy atom. The summed E-state index contributed by atoms with van der Waals surface area (Å²) >= 11 is 5.86. The van der Waals surface area contributed by atoms with Crippen LogP contribution in [-0.4, -0.2) is 47.8 Å². The van der Waals surface area contributed by atoms with Crippen LogP contribution < -0.4 is 0 Å². The fraction of sp³-hybridized carbons (Fsp3) is 0.238. The van der Waals surface area contributed by atoms with Crippen LogP contribution in [0.2, 0.25) is 5.02 Å². The predicted octanol–water partition coefficient (Wildman–Crippen LogP) is 3.65. The van der Waals surface area contributed by atoms with Crippen LogP contribution in [-0.2, 0) is 4.79 Å². The Bertz CT molecular complexity index is 805. The average Bonchev–Trinajstić information content (AvgIpc) is 2.67. The monoisotopic (exact) mass is 368 g/mol. The molecule has 2 aromatic carbocycles. The lowest BCUT2D eigenvalue weighted by Gasteiger charge is -2.34. The summed E-state index contributed by atoms with van der Waals surface area (Å²) in [6, 6.07) is 14.9. The van der Waals surface area contributed by atoms with Crippen molar-refractivity contribution in [3.8, 4) is 0 Å². The molecule has 134 valence electrons. The molecule has 0 unspecified atom stereocenters. The molecule has 0 aliphatic carbocycles. The summed E-state index contributed by atoms with van der Waals surface area (Å²) in [5.41, 5.74) is 2.75. The van der Waals surface area contributed by atoms with Crippen LogP contribution in [0.4, 0.5) is 0 Å². The number of carbonyl (C=O) groups excluding carboxylic acids is 2. The first-order valence-electron chi connectivity index (χ1n) is 8.61. The van der Waals surface area contributed by atoms with E-state index in [4.69, 9.17) is 11.6 Å². The molecular formula is C21H21ClN2O2. The molecule has 0 spiro atoms. The van der Waals surface area contributed by atoms with E-state index in [-0.39, 0.29) is 11.8 Å². The first kappa shape index (κ1) is 18.2. The summed E-state index contributed by atoms with van der Waals surface area (Å²) in [6.45, 7) is 4.18. The van der Waals surface area contributed by atoms with Gasteiger partial charge in [-0.15, -0.1) is 0 Å². The molecule has 0 atom stereocenters. The first-order chi connectivity index (χ1) is 12.5. The summed E-state index contributed by atoms with van der Waals surface area (Å²) < 4.78 is 0. The van der Waals surface area contributed by atoms with Gasteiger partial charge < -0.3 is 9.80 Å². The maximum Gasteiger partial charge on any atom is 0.253 e. The third-order valence-corrected chi connectivity index (χ3v) is 4.72. The molecule has 5 heteroatoms. The highest BCUT2D eigenvalue weighted by Crippen LogP contribution is 2.12. The number of halogens is 1.